The fraction of sp³-hybridized carbons (Fsp3) is 0.133. The van der Waals surface area contributed by atoms with Gasteiger partial charge in [-0.05, 0) is 17.7 Å². The predicted octanol–water partition coefficient (Wildman–Crippen LogP) is 2.39. The molecule has 2 aromatic rings. The van der Waals surface area contributed by atoms with E-state index < -0.39 is 17.8 Å². The molecular weight excluding hydrogens is 259 g/mol. The van der Waals surface area contributed by atoms with E-state index in [9.17, 15) is 14.3 Å². The maximum atomic E-state index is 13.3. The largest absolute Gasteiger partial charge is 0.388 e. The maximum Gasteiger partial charge on any atom is 0.241 e. The monoisotopic (exact) mass is 274 g/mol. The standard InChI is InChI=1S/C15H15FN2O2/c16-12-8-4-5-9-13(12)17-18-15(20)10-14(19)11-6-2-1-3-7-11/h1-9,14,17,19H,10H2,(H,18,20). The fourth-order valence-electron chi connectivity index (χ4n) is 1.72. The first-order chi connectivity index (χ1) is 9.66. The van der Waals surface area contributed by atoms with Crippen LogP contribution in [0.1, 0.15) is 18.1 Å². The number of amides is 1. The molecule has 1 amide bonds. The van der Waals surface area contributed by atoms with E-state index in [0.717, 1.165) is 0 Å². The van der Waals surface area contributed by atoms with Crippen LogP contribution in [-0.4, -0.2) is 11.0 Å². The minimum atomic E-state index is -0.890. The highest BCUT2D eigenvalue weighted by Gasteiger charge is 2.12. The second-order valence-electron chi connectivity index (χ2n) is 4.28. The lowest BCUT2D eigenvalue weighted by atomic mass is 10.1. The number of halogens is 1. The Morgan fingerprint density at radius 3 is 2.45 bits per heavy atom. The van der Waals surface area contributed by atoms with Gasteiger partial charge in [0.15, 0.2) is 0 Å². The molecule has 0 aliphatic rings. The highest BCUT2D eigenvalue weighted by atomic mass is 19.1. The third kappa shape index (κ3) is 3.80. The summed E-state index contributed by atoms with van der Waals surface area (Å²) in [5, 5.41) is 9.88. The van der Waals surface area contributed by atoms with Gasteiger partial charge in [0, 0.05) is 0 Å². The summed E-state index contributed by atoms with van der Waals surface area (Å²) in [4.78, 5) is 11.7. The molecule has 104 valence electrons. The average Bonchev–Trinajstić information content (AvgIpc) is 2.47. The van der Waals surface area contributed by atoms with E-state index in [4.69, 9.17) is 0 Å². The van der Waals surface area contributed by atoms with Crippen LogP contribution in [0.4, 0.5) is 10.1 Å². The van der Waals surface area contributed by atoms with E-state index in [-0.39, 0.29) is 12.1 Å². The number of hydrogen-bond donors (Lipinski definition) is 3. The topological polar surface area (TPSA) is 61.4 Å². The van der Waals surface area contributed by atoms with Gasteiger partial charge in [-0.25, -0.2) is 4.39 Å². The molecule has 4 nitrogen and oxygen atoms in total. The number of carbonyl (C=O) groups is 1. The zero-order valence-electron chi connectivity index (χ0n) is 10.7. The summed E-state index contributed by atoms with van der Waals surface area (Å²) in [6, 6.07) is 14.9. The van der Waals surface area contributed by atoms with Gasteiger partial charge in [0.1, 0.15) is 5.82 Å². The molecule has 0 heterocycles. The van der Waals surface area contributed by atoms with Crippen molar-refractivity contribution in [2.24, 2.45) is 0 Å². The van der Waals surface area contributed by atoms with Crippen LogP contribution in [0, 0.1) is 5.82 Å². The van der Waals surface area contributed by atoms with Crippen molar-refractivity contribution >= 4 is 11.6 Å². The molecule has 3 N–H and O–H groups in total. The molecule has 5 heteroatoms. The smallest absolute Gasteiger partial charge is 0.241 e. The summed E-state index contributed by atoms with van der Waals surface area (Å²) in [5.41, 5.74) is 5.67. The molecule has 0 bridgehead atoms. The van der Waals surface area contributed by atoms with Crippen molar-refractivity contribution in [2.75, 3.05) is 5.43 Å². The summed E-state index contributed by atoms with van der Waals surface area (Å²) in [7, 11) is 0. The average molecular weight is 274 g/mol. The van der Waals surface area contributed by atoms with Gasteiger partial charge < -0.3 is 5.11 Å². The van der Waals surface area contributed by atoms with E-state index in [2.05, 4.69) is 10.9 Å². The first-order valence-electron chi connectivity index (χ1n) is 6.19. The molecule has 2 rings (SSSR count). The second kappa shape index (κ2) is 6.68. The van der Waals surface area contributed by atoms with Crippen LogP contribution in [-0.2, 0) is 4.79 Å². The van der Waals surface area contributed by atoms with Gasteiger partial charge in [-0.3, -0.25) is 15.6 Å². The Kier molecular flexibility index (Phi) is 4.68. The summed E-state index contributed by atoms with van der Waals surface area (Å²) in [6.07, 6.45) is -0.996. The van der Waals surface area contributed by atoms with Gasteiger partial charge in [0.25, 0.3) is 0 Å². The van der Waals surface area contributed by atoms with Crippen LogP contribution < -0.4 is 10.9 Å². The molecule has 20 heavy (non-hydrogen) atoms. The summed E-state index contributed by atoms with van der Waals surface area (Å²) >= 11 is 0. The van der Waals surface area contributed by atoms with Crippen LogP contribution in [0.15, 0.2) is 54.6 Å². The second-order valence-corrected chi connectivity index (χ2v) is 4.28. The first-order valence-corrected chi connectivity index (χ1v) is 6.19. The Labute approximate surface area is 116 Å². The number of anilines is 1. The van der Waals surface area contributed by atoms with E-state index in [1.807, 2.05) is 6.07 Å². The number of hydrazine groups is 1. The van der Waals surface area contributed by atoms with Gasteiger partial charge in [-0.15, -0.1) is 0 Å². The molecule has 1 unspecified atom stereocenters. The predicted molar refractivity (Wildman–Crippen MR) is 74.2 cm³/mol. The lowest BCUT2D eigenvalue weighted by molar-refractivity contribution is -0.122. The normalized spacial score (nSPS) is 11.7. The number of aliphatic hydroxyl groups is 1. The maximum absolute atomic E-state index is 13.3. The third-order valence-electron chi connectivity index (χ3n) is 2.77. The molecule has 0 aromatic heterocycles. The molecule has 0 aliphatic heterocycles. The molecule has 0 saturated carbocycles. The third-order valence-corrected chi connectivity index (χ3v) is 2.77. The zero-order valence-corrected chi connectivity index (χ0v) is 10.7. The summed E-state index contributed by atoms with van der Waals surface area (Å²) in [6.45, 7) is 0. The van der Waals surface area contributed by atoms with Gasteiger partial charge in [-0.1, -0.05) is 42.5 Å². The highest BCUT2D eigenvalue weighted by molar-refractivity contribution is 5.78. The van der Waals surface area contributed by atoms with Gasteiger partial charge >= 0.3 is 0 Å². The van der Waals surface area contributed by atoms with Crippen molar-refractivity contribution in [3.8, 4) is 0 Å². The minimum absolute atomic E-state index is 0.106. The van der Waals surface area contributed by atoms with Crippen molar-refractivity contribution < 1.29 is 14.3 Å². The SMILES string of the molecule is O=C(CC(O)c1ccccc1)NNc1ccccc1F. The Morgan fingerprint density at radius 1 is 1.10 bits per heavy atom. The Bertz CT molecular complexity index is 575. The van der Waals surface area contributed by atoms with E-state index in [1.54, 1.807) is 36.4 Å². The number of rotatable bonds is 5. The fourth-order valence-corrected chi connectivity index (χ4v) is 1.72. The molecule has 0 fully saturated rings. The van der Waals surface area contributed by atoms with Gasteiger partial charge in [0.2, 0.25) is 5.91 Å². The number of aliphatic hydroxyl groups excluding tert-OH is 1. The molecule has 0 aliphatic carbocycles. The van der Waals surface area contributed by atoms with Crippen molar-refractivity contribution in [1.82, 2.24) is 5.43 Å². The Morgan fingerprint density at radius 2 is 1.75 bits per heavy atom. The Balaban J connectivity index is 1.86. The number of nitrogens with one attached hydrogen (secondary N) is 2. The lowest BCUT2D eigenvalue weighted by Crippen LogP contribution is -2.30. The highest BCUT2D eigenvalue weighted by Crippen LogP contribution is 2.16. The van der Waals surface area contributed by atoms with Crippen LogP contribution >= 0.6 is 0 Å². The molecule has 0 radical (unpaired) electrons. The summed E-state index contributed by atoms with van der Waals surface area (Å²) < 4.78 is 13.3. The van der Waals surface area contributed by atoms with Crippen LogP contribution in [0.3, 0.4) is 0 Å². The van der Waals surface area contributed by atoms with Gasteiger partial charge in [0.05, 0.1) is 18.2 Å². The molecule has 2 aromatic carbocycles. The van der Waals surface area contributed by atoms with E-state index >= 15 is 0 Å². The van der Waals surface area contributed by atoms with Crippen molar-refractivity contribution in [3.05, 3.63) is 66.0 Å². The Hall–Kier alpha value is -2.40. The van der Waals surface area contributed by atoms with Crippen molar-refractivity contribution in [1.29, 1.82) is 0 Å². The molecular formula is C15H15FN2O2. The first kappa shape index (κ1) is 14.0. The van der Waals surface area contributed by atoms with Crippen molar-refractivity contribution in [3.63, 3.8) is 0 Å². The number of hydrogen-bond acceptors (Lipinski definition) is 3. The zero-order chi connectivity index (χ0) is 14.4. The molecule has 1 atom stereocenters. The number of carbonyl (C=O) groups excluding carboxylic acids is 1. The quantitative estimate of drug-likeness (QED) is 0.734. The molecule has 0 spiro atoms. The van der Waals surface area contributed by atoms with E-state index in [0.29, 0.717) is 5.56 Å². The lowest BCUT2D eigenvalue weighted by Gasteiger charge is -2.12. The minimum Gasteiger partial charge on any atom is -0.388 e. The van der Waals surface area contributed by atoms with Crippen LogP contribution in [0.2, 0.25) is 0 Å². The van der Waals surface area contributed by atoms with Crippen LogP contribution in [0.25, 0.3) is 0 Å². The van der Waals surface area contributed by atoms with Gasteiger partial charge in [-0.2, -0.15) is 0 Å². The molecule has 0 saturated heterocycles. The van der Waals surface area contributed by atoms with E-state index in [1.165, 1.54) is 12.1 Å². The van der Waals surface area contributed by atoms with Crippen LogP contribution in [0.5, 0.6) is 0 Å². The number of benzene rings is 2. The van der Waals surface area contributed by atoms with Crippen molar-refractivity contribution in [2.45, 2.75) is 12.5 Å². The summed E-state index contributed by atoms with van der Waals surface area (Å²) in [5.74, 6) is -0.888. The number of para-hydroxylation sites is 1.